The number of fused-ring (bicyclic) bond motifs is 1. The monoisotopic (exact) mass is 346 g/mol. The molecule has 3 aromatic rings. The first-order valence-corrected chi connectivity index (χ1v) is 5.83. The van der Waals surface area contributed by atoms with E-state index in [0.29, 0.717) is 5.56 Å². The van der Waals surface area contributed by atoms with Crippen LogP contribution in [-0.2, 0) is 0 Å². The molecular weight excluding hydrogens is 331 g/mol. The maximum absolute atomic E-state index is 12.4. The second-order valence-corrected chi connectivity index (χ2v) is 4.36. The first-order chi connectivity index (χ1) is 9.56. The van der Waals surface area contributed by atoms with Gasteiger partial charge in [-0.2, -0.15) is 0 Å². The zero-order valence-electron chi connectivity index (χ0n) is 11.2. The van der Waals surface area contributed by atoms with Crippen LogP contribution in [0.2, 0.25) is 0 Å². The van der Waals surface area contributed by atoms with E-state index in [1.54, 1.807) is 12.1 Å². The topological polar surface area (TPSA) is 154 Å². The van der Waals surface area contributed by atoms with Crippen LogP contribution in [0, 0.1) is 0 Å². The first-order valence-electron chi connectivity index (χ1n) is 5.83. The van der Waals surface area contributed by atoms with Crippen LogP contribution in [0.1, 0.15) is 0 Å². The van der Waals surface area contributed by atoms with Crippen LogP contribution < -0.4 is 5.43 Å². The molecular formula is C15H15KO7. The molecule has 8 heteroatoms. The summed E-state index contributed by atoms with van der Waals surface area (Å²) in [7, 11) is 0. The molecule has 7 nitrogen and oxygen atoms in total. The molecule has 0 saturated heterocycles. The van der Waals surface area contributed by atoms with Crippen molar-refractivity contribution in [2.75, 3.05) is 0 Å². The molecule has 0 bridgehead atoms. The first kappa shape index (κ1) is 21.6. The Morgan fingerprint density at radius 1 is 0.870 bits per heavy atom. The van der Waals surface area contributed by atoms with Gasteiger partial charge in [-0.1, -0.05) is 12.1 Å². The molecule has 7 N–H and O–H groups in total. The standard InChI is InChI=1S/C15H10O5.K.2H2O.H/c16-9-3-1-8(2-4-9)11-7-20-13-6-10(17)5-12(18)14(13)15(11)19;;;;/h1-7,16-18H;;2*1H2;. The van der Waals surface area contributed by atoms with E-state index in [1.807, 2.05) is 0 Å². The fraction of sp³-hybridized carbons (Fsp3) is 0. The summed E-state index contributed by atoms with van der Waals surface area (Å²) in [4.78, 5) is 12.4. The molecule has 0 spiro atoms. The van der Waals surface area contributed by atoms with E-state index in [1.165, 1.54) is 24.5 Å². The Bertz CT molecular complexity index is 856. The predicted octanol–water partition coefficient (Wildman–Crippen LogP) is 0.279. The number of benzene rings is 2. The summed E-state index contributed by atoms with van der Waals surface area (Å²) >= 11 is 0. The molecule has 3 rings (SSSR count). The van der Waals surface area contributed by atoms with Crippen LogP contribution >= 0.6 is 0 Å². The number of phenolic OH excluding ortho intramolecular Hbond substituents is 3. The molecule has 0 unspecified atom stereocenters. The van der Waals surface area contributed by atoms with Crippen LogP contribution in [0.15, 0.2) is 51.9 Å². The molecule has 0 amide bonds. The van der Waals surface area contributed by atoms with Gasteiger partial charge in [0.1, 0.15) is 34.5 Å². The molecule has 0 saturated carbocycles. The van der Waals surface area contributed by atoms with Gasteiger partial charge in [0, 0.05) is 12.1 Å². The number of hydrogen-bond acceptors (Lipinski definition) is 5. The molecule has 1 heterocycles. The Balaban J connectivity index is 0.00000161. The van der Waals surface area contributed by atoms with Crippen molar-refractivity contribution in [3.63, 3.8) is 0 Å². The Morgan fingerprint density at radius 3 is 2.09 bits per heavy atom. The van der Waals surface area contributed by atoms with Gasteiger partial charge in [0.15, 0.2) is 0 Å². The SMILES string of the molecule is O.O.O=c1c(-c2ccc(O)cc2)coc2cc(O)cc(O)c12.[KH]. The third-order valence-corrected chi connectivity index (χ3v) is 3.02. The summed E-state index contributed by atoms with van der Waals surface area (Å²) in [6.07, 6.45) is 1.26. The van der Waals surface area contributed by atoms with E-state index in [4.69, 9.17) is 4.42 Å². The van der Waals surface area contributed by atoms with Crippen LogP contribution in [0.3, 0.4) is 0 Å². The molecule has 118 valence electrons. The van der Waals surface area contributed by atoms with Gasteiger partial charge in [-0.25, -0.2) is 0 Å². The fourth-order valence-electron chi connectivity index (χ4n) is 2.06. The van der Waals surface area contributed by atoms with E-state index < -0.39 is 5.43 Å². The molecule has 0 aliphatic heterocycles. The minimum atomic E-state index is -0.408. The average Bonchev–Trinajstić information content (AvgIpc) is 2.39. The van der Waals surface area contributed by atoms with Gasteiger partial charge in [0.25, 0.3) is 0 Å². The number of rotatable bonds is 1. The zero-order chi connectivity index (χ0) is 14.3. The number of hydrogen-bond donors (Lipinski definition) is 3. The molecule has 1 aromatic heterocycles. The van der Waals surface area contributed by atoms with Crippen LogP contribution in [-0.4, -0.2) is 77.7 Å². The fourth-order valence-corrected chi connectivity index (χ4v) is 2.06. The second-order valence-electron chi connectivity index (χ2n) is 4.36. The molecule has 23 heavy (non-hydrogen) atoms. The Morgan fingerprint density at radius 2 is 1.48 bits per heavy atom. The van der Waals surface area contributed by atoms with Gasteiger partial charge in [0.2, 0.25) is 5.43 Å². The Labute approximate surface area is 172 Å². The van der Waals surface area contributed by atoms with Gasteiger partial charge in [0.05, 0.1) is 5.56 Å². The van der Waals surface area contributed by atoms with Crippen molar-refractivity contribution >= 4 is 62.4 Å². The normalized spacial score (nSPS) is 9.39. The molecule has 0 aliphatic carbocycles. The van der Waals surface area contributed by atoms with Crippen LogP contribution in [0.25, 0.3) is 22.1 Å². The van der Waals surface area contributed by atoms with Crippen LogP contribution in [0.5, 0.6) is 17.2 Å². The van der Waals surface area contributed by atoms with E-state index >= 15 is 0 Å². The van der Waals surface area contributed by atoms with Gasteiger partial charge in [-0.05, 0) is 17.7 Å². The van der Waals surface area contributed by atoms with E-state index in [2.05, 4.69) is 0 Å². The van der Waals surface area contributed by atoms with Crippen molar-refractivity contribution in [2.24, 2.45) is 0 Å². The van der Waals surface area contributed by atoms with Crippen molar-refractivity contribution in [2.45, 2.75) is 0 Å². The van der Waals surface area contributed by atoms with Crippen LogP contribution in [0.4, 0.5) is 0 Å². The van der Waals surface area contributed by atoms with Gasteiger partial charge in [-0.15, -0.1) is 0 Å². The van der Waals surface area contributed by atoms with E-state index in [0.717, 1.165) is 6.07 Å². The minimum absolute atomic E-state index is 0. The van der Waals surface area contributed by atoms with Crippen molar-refractivity contribution in [3.8, 4) is 28.4 Å². The van der Waals surface area contributed by atoms with Gasteiger partial charge < -0.3 is 30.7 Å². The molecule has 0 aliphatic rings. The van der Waals surface area contributed by atoms with Crippen molar-refractivity contribution in [3.05, 3.63) is 52.9 Å². The third-order valence-electron chi connectivity index (χ3n) is 3.02. The molecule has 0 atom stereocenters. The maximum atomic E-state index is 12.4. The molecule has 0 fully saturated rings. The van der Waals surface area contributed by atoms with Gasteiger partial charge >= 0.3 is 51.4 Å². The third kappa shape index (κ3) is 4.12. The van der Waals surface area contributed by atoms with Gasteiger partial charge in [-0.3, -0.25) is 4.79 Å². The summed E-state index contributed by atoms with van der Waals surface area (Å²) in [5.41, 5.74) is 0.522. The summed E-state index contributed by atoms with van der Waals surface area (Å²) in [6, 6.07) is 8.40. The molecule has 2 aromatic carbocycles. The van der Waals surface area contributed by atoms with Crippen molar-refractivity contribution < 1.29 is 30.7 Å². The average molecular weight is 346 g/mol. The Kier molecular flexibility index (Phi) is 7.94. The van der Waals surface area contributed by atoms with Crippen molar-refractivity contribution in [1.82, 2.24) is 0 Å². The Hall–Kier alpha value is -1.39. The van der Waals surface area contributed by atoms with Crippen molar-refractivity contribution in [1.29, 1.82) is 0 Å². The van der Waals surface area contributed by atoms with E-state index in [9.17, 15) is 20.1 Å². The number of phenols is 3. The summed E-state index contributed by atoms with van der Waals surface area (Å²) in [6.45, 7) is 0. The summed E-state index contributed by atoms with van der Waals surface area (Å²) < 4.78 is 5.29. The quantitative estimate of drug-likeness (QED) is 0.540. The molecule has 0 radical (unpaired) electrons. The zero-order valence-corrected chi connectivity index (χ0v) is 11.2. The summed E-state index contributed by atoms with van der Waals surface area (Å²) in [5.74, 6) is -0.434. The summed E-state index contributed by atoms with van der Waals surface area (Å²) in [5, 5.41) is 28.4. The second kappa shape index (κ2) is 8.46. The van der Waals surface area contributed by atoms with E-state index in [-0.39, 0.29) is 96.1 Å². The number of aromatic hydroxyl groups is 3. The predicted molar refractivity (Wildman–Crippen MR) is 87.3 cm³/mol.